The van der Waals surface area contributed by atoms with Gasteiger partial charge in [-0.25, -0.2) is 32.7 Å². The minimum atomic E-state index is -4.73. The van der Waals surface area contributed by atoms with Crippen molar-refractivity contribution in [3.8, 4) is 0 Å². The highest BCUT2D eigenvalue weighted by atomic mass is 31.2. The summed E-state index contributed by atoms with van der Waals surface area (Å²) < 4.78 is 55.4. The normalized spacial score (nSPS) is 14.4. The molecule has 2 heterocycles. The van der Waals surface area contributed by atoms with E-state index >= 15 is 0 Å². The first kappa shape index (κ1) is 24.1. The van der Waals surface area contributed by atoms with Gasteiger partial charge in [0.1, 0.15) is 55.7 Å². The fraction of sp³-hybridized carbons (Fsp3) is 0.444. The van der Waals surface area contributed by atoms with Gasteiger partial charge in [0.25, 0.3) is 0 Å². The molecule has 0 aliphatic heterocycles. The van der Waals surface area contributed by atoms with Gasteiger partial charge in [0.2, 0.25) is 0 Å². The van der Waals surface area contributed by atoms with Gasteiger partial charge in [-0.2, -0.15) is 10.2 Å². The quantitative estimate of drug-likeness (QED) is 0.330. The molecule has 0 spiro atoms. The molecule has 0 saturated heterocycles. The molecule has 0 radical (unpaired) electrons. The van der Waals surface area contributed by atoms with Gasteiger partial charge in [0, 0.05) is 11.6 Å². The highest BCUT2D eigenvalue weighted by molar-refractivity contribution is 7.47. The molecule has 0 amide bonds. The summed E-state index contributed by atoms with van der Waals surface area (Å²) in [6.07, 6.45) is 5.16. The zero-order chi connectivity index (χ0) is 23.4. The van der Waals surface area contributed by atoms with Crippen LogP contribution in [0.3, 0.4) is 0 Å². The summed E-state index contributed by atoms with van der Waals surface area (Å²) in [5, 5.41) is 7.99. The molecule has 11 nitrogen and oxygen atoms in total. The molecule has 1 atom stereocenters. The van der Waals surface area contributed by atoms with Crippen LogP contribution in [0.15, 0.2) is 43.5 Å². The van der Waals surface area contributed by atoms with Crippen molar-refractivity contribution < 1.29 is 31.8 Å². The van der Waals surface area contributed by atoms with Crippen LogP contribution in [0.1, 0.15) is 5.56 Å². The molecule has 0 saturated carbocycles. The number of quaternary nitrogens is 1. The molecule has 174 valence electrons. The fourth-order valence-corrected chi connectivity index (χ4v) is 4.04. The van der Waals surface area contributed by atoms with Crippen LogP contribution in [-0.2, 0) is 32.3 Å². The largest absolute Gasteiger partial charge is 0.473 e. The monoisotopic (exact) mass is 472 g/mol. The van der Waals surface area contributed by atoms with E-state index in [2.05, 4.69) is 20.2 Å². The van der Waals surface area contributed by atoms with E-state index in [1.165, 1.54) is 34.7 Å². The summed E-state index contributed by atoms with van der Waals surface area (Å²) in [6, 6.07) is 2.83. The van der Waals surface area contributed by atoms with E-state index in [4.69, 9.17) is 9.05 Å². The molecule has 1 aromatic carbocycles. The number of likely N-dealkylation sites (N-methyl/N-ethyl adjacent to an activating group) is 1. The van der Waals surface area contributed by atoms with Gasteiger partial charge in [0.05, 0.1) is 34.2 Å². The number of hydrogen-bond donors (Lipinski definition) is 1. The van der Waals surface area contributed by atoms with Crippen molar-refractivity contribution in [2.45, 2.75) is 18.7 Å². The lowest BCUT2D eigenvalue weighted by Gasteiger charge is -2.35. The van der Waals surface area contributed by atoms with E-state index in [0.29, 0.717) is 17.1 Å². The standard InChI is InChI=1S/C18H24F2N7O4P/c1-27(2,3)6-7-30-32(28,29)31-18(9-25-13-21-11-23-25,10-26-14-22-12-24-26)16-5-4-15(19)8-17(16)20/h4-5,8,11-14H,6-7,9-10H2,1-3H3/p+1. The minimum Gasteiger partial charge on any atom is -0.329 e. The number of hydrogen-bond acceptors (Lipinski definition) is 7. The number of aromatic nitrogens is 6. The zero-order valence-electron chi connectivity index (χ0n) is 17.9. The molecule has 3 rings (SSSR count). The molecular weight excluding hydrogens is 447 g/mol. The van der Waals surface area contributed by atoms with Crippen LogP contribution in [-0.4, -0.2) is 73.2 Å². The summed E-state index contributed by atoms with van der Waals surface area (Å²) in [5.74, 6) is -1.79. The molecule has 14 heteroatoms. The van der Waals surface area contributed by atoms with Crippen LogP contribution < -0.4 is 0 Å². The molecule has 1 unspecified atom stereocenters. The molecule has 1 N–H and O–H groups in total. The van der Waals surface area contributed by atoms with E-state index < -0.39 is 25.1 Å². The van der Waals surface area contributed by atoms with Crippen LogP contribution in [0.4, 0.5) is 8.78 Å². The lowest BCUT2D eigenvalue weighted by atomic mass is 9.93. The van der Waals surface area contributed by atoms with E-state index in [1.807, 2.05) is 21.1 Å². The number of benzene rings is 1. The smallest absolute Gasteiger partial charge is 0.329 e. The summed E-state index contributed by atoms with van der Waals surface area (Å²) in [6.45, 7) is -0.179. The lowest BCUT2D eigenvalue weighted by molar-refractivity contribution is -0.870. The predicted octanol–water partition coefficient (Wildman–Crippen LogP) is 1.58. The molecule has 3 aromatic rings. The van der Waals surface area contributed by atoms with Crippen LogP contribution in [0, 0.1) is 11.6 Å². The average molecular weight is 472 g/mol. The Morgan fingerprint density at radius 3 is 2.16 bits per heavy atom. The highest BCUT2D eigenvalue weighted by Gasteiger charge is 2.45. The summed E-state index contributed by atoms with van der Waals surface area (Å²) in [4.78, 5) is 18.2. The second kappa shape index (κ2) is 9.51. The van der Waals surface area contributed by atoms with Gasteiger partial charge in [-0.15, -0.1) is 0 Å². The van der Waals surface area contributed by atoms with Crippen LogP contribution in [0.2, 0.25) is 0 Å². The Morgan fingerprint density at radius 2 is 1.69 bits per heavy atom. The Bertz CT molecular complexity index is 1020. The number of halogens is 2. The maximum absolute atomic E-state index is 15.0. The zero-order valence-corrected chi connectivity index (χ0v) is 18.8. The minimum absolute atomic E-state index is 0.0914. The van der Waals surface area contributed by atoms with Crippen molar-refractivity contribution >= 4 is 7.82 Å². The third kappa shape index (κ3) is 6.47. The Morgan fingerprint density at radius 1 is 1.09 bits per heavy atom. The first-order valence-corrected chi connectivity index (χ1v) is 11.1. The molecule has 32 heavy (non-hydrogen) atoms. The molecule has 0 aliphatic rings. The molecule has 2 aromatic heterocycles. The van der Waals surface area contributed by atoms with Gasteiger partial charge in [-0.3, -0.25) is 9.05 Å². The van der Waals surface area contributed by atoms with Crippen molar-refractivity contribution in [3.05, 3.63) is 60.7 Å². The Hall–Kier alpha value is -2.57. The average Bonchev–Trinajstić information content (AvgIpc) is 3.33. The lowest BCUT2D eigenvalue weighted by Crippen LogP contribution is -2.40. The second-order valence-corrected chi connectivity index (χ2v) is 9.59. The van der Waals surface area contributed by atoms with E-state index in [-0.39, 0.29) is 25.3 Å². The second-order valence-electron chi connectivity index (χ2n) is 8.21. The van der Waals surface area contributed by atoms with Crippen molar-refractivity contribution in [3.63, 3.8) is 0 Å². The van der Waals surface area contributed by atoms with Gasteiger partial charge < -0.3 is 9.38 Å². The van der Waals surface area contributed by atoms with E-state index in [1.54, 1.807) is 0 Å². The third-order valence-corrected chi connectivity index (χ3v) is 5.59. The molecule has 0 fully saturated rings. The Kier molecular flexibility index (Phi) is 7.16. The number of phosphoric ester groups is 1. The molecular formula is C18H25F2N7O4P+. The van der Waals surface area contributed by atoms with Crippen molar-refractivity contribution in [1.29, 1.82) is 0 Å². The topological polar surface area (TPSA) is 117 Å². The van der Waals surface area contributed by atoms with Gasteiger partial charge in [-0.1, -0.05) is 6.07 Å². The summed E-state index contributed by atoms with van der Waals surface area (Å²) >= 11 is 0. The fourth-order valence-electron chi connectivity index (χ4n) is 3.02. The first-order valence-electron chi connectivity index (χ1n) is 9.57. The van der Waals surface area contributed by atoms with Crippen LogP contribution in [0.5, 0.6) is 0 Å². The number of phosphoric acid groups is 1. The van der Waals surface area contributed by atoms with Crippen molar-refractivity contribution in [2.75, 3.05) is 34.3 Å². The van der Waals surface area contributed by atoms with Crippen LogP contribution >= 0.6 is 7.82 Å². The maximum atomic E-state index is 15.0. The van der Waals surface area contributed by atoms with Gasteiger partial charge in [-0.05, 0) is 6.07 Å². The Balaban J connectivity index is 2.03. The first-order chi connectivity index (χ1) is 15.0. The SMILES string of the molecule is C[N+](C)(C)CCOP(=O)(O)OC(Cn1cncn1)(Cn1cncn1)c1ccc(F)cc1F. The van der Waals surface area contributed by atoms with Gasteiger partial charge >= 0.3 is 7.82 Å². The third-order valence-electron chi connectivity index (χ3n) is 4.50. The summed E-state index contributed by atoms with van der Waals surface area (Å²) in [5.41, 5.74) is -2.06. The maximum Gasteiger partial charge on any atom is 0.473 e. The molecule has 0 aliphatic carbocycles. The highest BCUT2D eigenvalue weighted by Crippen LogP contribution is 2.51. The predicted molar refractivity (Wildman–Crippen MR) is 108 cm³/mol. The number of rotatable bonds is 11. The van der Waals surface area contributed by atoms with Gasteiger partial charge in [0.15, 0.2) is 0 Å². The van der Waals surface area contributed by atoms with Crippen molar-refractivity contribution in [1.82, 2.24) is 29.5 Å². The van der Waals surface area contributed by atoms with E-state index in [0.717, 1.165) is 12.1 Å². The Labute approximate surface area is 183 Å². The summed E-state index contributed by atoms with van der Waals surface area (Å²) in [7, 11) is 0.940. The molecule has 0 bridgehead atoms. The van der Waals surface area contributed by atoms with E-state index in [9.17, 15) is 18.2 Å². The van der Waals surface area contributed by atoms with Crippen molar-refractivity contribution in [2.24, 2.45) is 0 Å². The number of nitrogens with zero attached hydrogens (tertiary/aromatic N) is 7. The van der Waals surface area contributed by atoms with Crippen LogP contribution in [0.25, 0.3) is 0 Å².